The molecule has 1 aromatic rings. The molecule has 0 fully saturated rings. The van der Waals surface area contributed by atoms with Crippen molar-refractivity contribution < 1.29 is 9.53 Å². The maximum Gasteiger partial charge on any atom is 0.407 e. The fourth-order valence-corrected chi connectivity index (χ4v) is 3.54. The first-order valence-electron chi connectivity index (χ1n) is 7.73. The summed E-state index contributed by atoms with van der Waals surface area (Å²) >= 11 is 0. The summed E-state index contributed by atoms with van der Waals surface area (Å²) in [4.78, 5) is 11.7. The van der Waals surface area contributed by atoms with Gasteiger partial charge in [-0.3, -0.25) is 0 Å². The standard InChI is InChI=1S/C18H28NO2Si/c1-7-8-14-9-10-15(16(13-14)22(5)6)11-12-19-17(20)21-18(2,3)4/h7,9-10,13H,1,8,11-12H2,2-6H3,(H,19,20). The summed E-state index contributed by atoms with van der Waals surface area (Å²) in [5, 5.41) is 4.27. The Bertz CT molecular complexity index is 518. The first-order valence-corrected chi connectivity index (χ1v) is 10.2. The third-order valence-electron chi connectivity index (χ3n) is 3.16. The molecule has 0 saturated heterocycles. The molecule has 0 atom stereocenters. The Morgan fingerprint density at radius 1 is 1.36 bits per heavy atom. The normalized spacial score (nSPS) is 11.4. The highest BCUT2D eigenvalue weighted by atomic mass is 28.3. The number of carbonyl (C=O) groups is 1. The lowest BCUT2D eigenvalue weighted by atomic mass is 10.1. The number of amides is 1. The molecule has 0 aliphatic carbocycles. The summed E-state index contributed by atoms with van der Waals surface area (Å²) in [6.45, 7) is 14.6. The molecule has 1 N–H and O–H groups in total. The van der Waals surface area contributed by atoms with E-state index in [0.717, 1.165) is 12.8 Å². The monoisotopic (exact) mass is 318 g/mol. The molecular weight excluding hydrogens is 290 g/mol. The molecule has 4 heteroatoms. The number of rotatable bonds is 6. The minimum Gasteiger partial charge on any atom is -0.444 e. The molecule has 1 radical (unpaired) electrons. The lowest BCUT2D eigenvalue weighted by Gasteiger charge is -2.20. The van der Waals surface area contributed by atoms with Gasteiger partial charge in [0.2, 0.25) is 0 Å². The van der Waals surface area contributed by atoms with E-state index in [2.05, 4.69) is 43.2 Å². The van der Waals surface area contributed by atoms with Gasteiger partial charge in [0.05, 0.1) is 8.80 Å². The number of benzene rings is 1. The molecule has 3 nitrogen and oxygen atoms in total. The van der Waals surface area contributed by atoms with E-state index in [1.54, 1.807) is 0 Å². The van der Waals surface area contributed by atoms with Crippen molar-refractivity contribution in [1.29, 1.82) is 0 Å². The van der Waals surface area contributed by atoms with Gasteiger partial charge in [0.1, 0.15) is 5.60 Å². The Balaban J connectivity index is 2.65. The van der Waals surface area contributed by atoms with Crippen LogP contribution in [0.5, 0.6) is 0 Å². The third kappa shape index (κ3) is 6.48. The van der Waals surface area contributed by atoms with Crippen molar-refractivity contribution in [3.63, 3.8) is 0 Å². The van der Waals surface area contributed by atoms with E-state index < -0.39 is 14.4 Å². The molecule has 0 aromatic heterocycles. The average Bonchev–Trinajstić information content (AvgIpc) is 2.38. The molecule has 22 heavy (non-hydrogen) atoms. The molecule has 0 spiro atoms. The van der Waals surface area contributed by atoms with Gasteiger partial charge in [0.15, 0.2) is 0 Å². The fourth-order valence-electron chi connectivity index (χ4n) is 2.21. The van der Waals surface area contributed by atoms with Crippen molar-refractivity contribution in [2.75, 3.05) is 6.54 Å². The third-order valence-corrected chi connectivity index (χ3v) is 4.70. The lowest BCUT2D eigenvalue weighted by molar-refractivity contribution is 0.0528. The SMILES string of the molecule is C=CCc1ccc(CCNC(=O)OC(C)(C)C)c([Si](C)C)c1. The first kappa shape index (κ1) is 18.5. The zero-order valence-corrected chi connectivity index (χ0v) is 15.5. The Morgan fingerprint density at radius 2 is 2.05 bits per heavy atom. The second-order valence-corrected chi connectivity index (χ2v) is 9.20. The second-order valence-electron chi connectivity index (χ2n) is 6.66. The summed E-state index contributed by atoms with van der Waals surface area (Å²) in [7, 11) is -0.538. The summed E-state index contributed by atoms with van der Waals surface area (Å²) in [6, 6.07) is 6.63. The van der Waals surface area contributed by atoms with Gasteiger partial charge in [-0.1, -0.05) is 42.6 Å². The number of hydrogen-bond donors (Lipinski definition) is 1. The van der Waals surface area contributed by atoms with E-state index in [-0.39, 0.29) is 6.09 Å². The van der Waals surface area contributed by atoms with E-state index >= 15 is 0 Å². The van der Waals surface area contributed by atoms with Crippen molar-refractivity contribution in [1.82, 2.24) is 5.32 Å². The van der Waals surface area contributed by atoms with E-state index in [1.807, 2.05) is 26.8 Å². The van der Waals surface area contributed by atoms with Crippen molar-refractivity contribution in [3.8, 4) is 0 Å². The van der Waals surface area contributed by atoms with Crippen LogP contribution in [0.25, 0.3) is 0 Å². The van der Waals surface area contributed by atoms with Crippen LogP contribution in [0, 0.1) is 0 Å². The highest BCUT2D eigenvalue weighted by Gasteiger charge is 2.16. The Morgan fingerprint density at radius 3 is 2.59 bits per heavy atom. The minimum absolute atomic E-state index is 0.351. The van der Waals surface area contributed by atoms with Crippen LogP contribution in [0.1, 0.15) is 31.9 Å². The zero-order chi connectivity index (χ0) is 16.8. The van der Waals surface area contributed by atoms with E-state index in [9.17, 15) is 4.79 Å². The Labute approximate surface area is 136 Å². The maximum absolute atomic E-state index is 11.7. The largest absolute Gasteiger partial charge is 0.444 e. The van der Waals surface area contributed by atoms with E-state index in [4.69, 9.17) is 4.74 Å². The minimum atomic E-state index is -0.538. The van der Waals surface area contributed by atoms with Crippen LogP contribution in [0.2, 0.25) is 13.1 Å². The number of allylic oxidation sites excluding steroid dienone is 1. The van der Waals surface area contributed by atoms with Crippen LogP contribution in [0.4, 0.5) is 4.79 Å². The molecule has 121 valence electrons. The summed E-state index contributed by atoms with van der Waals surface area (Å²) in [5.41, 5.74) is 2.17. The lowest BCUT2D eigenvalue weighted by Crippen LogP contribution is -2.35. The van der Waals surface area contributed by atoms with Crippen LogP contribution < -0.4 is 10.5 Å². The highest BCUT2D eigenvalue weighted by Crippen LogP contribution is 2.08. The molecule has 0 heterocycles. The van der Waals surface area contributed by atoms with Crippen LogP contribution in [0.3, 0.4) is 0 Å². The summed E-state index contributed by atoms with van der Waals surface area (Å²) in [5.74, 6) is 0. The van der Waals surface area contributed by atoms with Crippen molar-refractivity contribution >= 4 is 20.1 Å². The van der Waals surface area contributed by atoms with Crippen LogP contribution >= 0.6 is 0 Å². The maximum atomic E-state index is 11.7. The van der Waals surface area contributed by atoms with Gasteiger partial charge in [0.25, 0.3) is 0 Å². The van der Waals surface area contributed by atoms with Crippen molar-refractivity contribution in [3.05, 3.63) is 42.0 Å². The molecule has 0 unspecified atom stereocenters. The van der Waals surface area contributed by atoms with Gasteiger partial charge < -0.3 is 10.1 Å². The topological polar surface area (TPSA) is 38.3 Å². The van der Waals surface area contributed by atoms with E-state index in [0.29, 0.717) is 6.54 Å². The summed E-state index contributed by atoms with van der Waals surface area (Å²) in [6.07, 6.45) is 3.31. The molecule has 0 aliphatic rings. The summed E-state index contributed by atoms with van der Waals surface area (Å²) < 4.78 is 5.25. The van der Waals surface area contributed by atoms with Gasteiger partial charge in [-0.15, -0.1) is 6.58 Å². The van der Waals surface area contributed by atoms with Gasteiger partial charge >= 0.3 is 6.09 Å². The van der Waals surface area contributed by atoms with Gasteiger partial charge in [-0.2, -0.15) is 0 Å². The number of hydrogen-bond acceptors (Lipinski definition) is 2. The number of carbonyl (C=O) groups excluding carboxylic acids is 1. The van der Waals surface area contributed by atoms with Crippen molar-refractivity contribution in [2.24, 2.45) is 0 Å². The van der Waals surface area contributed by atoms with Crippen molar-refractivity contribution in [2.45, 2.75) is 52.3 Å². The number of ether oxygens (including phenoxy) is 1. The fraction of sp³-hybridized carbons (Fsp3) is 0.500. The number of nitrogens with one attached hydrogen (secondary N) is 1. The van der Waals surface area contributed by atoms with Crippen LogP contribution in [-0.2, 0) is 17.6 Å². The van der Waals surface area contributed by atoms with Gasteiger partial charge in [0, 0.05) is 6.54 Å². The molecule has 0 saturated carbocycles. The predicted molar refractivity (Wildman–Crippen MR) is 95.4 cm³/mol. The molecule has 0 aliphatic heterocycles. The van der Waals surface area contributed by atoms with E-state index in [1.165, 1.54) is 16.3 Å². The smallest absolute Gasteiger partial charge is 0.407 e. The van der Waals surface area contributed by atoms with Gasteiger partial charge in [-0.05, 0) is 44.7 Å². The highest BCUT2D eigenvalue weighted by molar-refractivity contribution is 6.71. The molecular formula is C18H28NO2Si. The second kappa shape index (κ2) is 8.18. The molecule has 1 aromatic carbocycles. The average molecular weight is 319 g/mol. The van der Waals surface area contributed by atoms with Gasteiger partial charge in [-0.25, -0.2) is 4.79 Å². The van der Waals surface area contributed by atoms with Crippen LogP contribution in [-0.4, -0.2) is 27.0 Å². The zero-order valence-electron chi connectivity index (χ0n) is 14.5. The first-order chi connectivity index (χ1) is 10.2. The predicted octanol–water partition coefficient (Wildman–Crippen LogP) is 3.44. The molecule has 1 amide bonds. The molecule has 0 bridgehead atoms. The number of alkyl carbamates (subject to hydrolysis) is 1. The Hall–Kier alpha value is -1.55. The quantitative estimate of drug-likeness (QED) is 0.644. The van der Waals surface area contributed by atoms with Crippen LogP contribution in [0.15, 0.2) is 30.9 Å². The Kier molecular flexibility index (Phi) is 6.88. The molecule has 1 rings (SSSR count).